The largest absolute Gasteiger partial charge is 0.467 e. The molecule has 0 aliphatic carbocycles. The number of esters is 1. The van der Waals surface area contributed by atoms with Crippen LogP contribution >= 0.6 is 0 Å². The van der Waals surface area contributed by atoms with Crippen LogP contribution in [0, 0.1) is 5.82 Å². The molecule has 0 aromatic heterocycles. The Hall–Kier alpha value is -2.17. The minimum Gasteiger partial charge on any atom is -0.467 e. The number of hydrogen-bond donors (Lipinski definition) is 1. The lowest BCUT2D eigenvalue weighted by Crippen LogP contribution is -2.41. The number of amides is 1. The molecule has 0 aliphatic heterocycles. The predicted molar refractivity (Wildman–Crippen MR) is 69.1 cm³/mol. The molecule has 0 heterocycles. The Morgan fingerprint density at radius 2 is 2.16 bits per heavy atom. The highest BCUT2D eigenvalue weighted by molar-refractivity contribution is 5.96. The molecule has 0 bridgehead atoms. The van der Waals surface area contributed by atoms with Crippen molar-refractivity contribution >= 4 is 11.9 Å². The molecule has 19 heavy (non-hydrogen) atoms. The maximum absolute atomic E-state index is 13.4. The second kappa shape index (κ2) is 7.31. The molecule has 1 atom stereocenters. The molecule has 1 aromatic carbocycles. The number of carbonyl (C=O) groups is 2. The van der Waals surface area contributed by atoms with Gasteiger partial charge in [0.2, 0.25) is 0 Å². The van der Waals surface area contributed by atoms with Gasteiger partial charge in [0.05, 0.1) is 12.7 Å². The third kappa shape index (κ3) is 4.21. The lowest BCUT2D eigenvalue weighted by molar-refractivity contribution is -0.143. The quantitative estimate of drug-likeness (QED) is 0.632. The number of carbonyl (C=O) groups excluding carboxylic acids is 2. The van der Waals surface area contributed by atoms with Crippen molar-refractivity contribution < 1.29 is 18.7 Å². The van der Waals surface area contributed by atoms with Crippen LogP contribution in [0.2, 0.25) is 0 Å². The first-order chi connectivity index (χ1) is 9.10. The molecule has 0 unspecified atom stereocenters. The van der Waals surface area contributed by atoms with Crippen LogP contribution < -0.4 is 5.32 Å². The first kappa shape index (κ1) is 14.9. The van der Waals surface area contributed by atoms with E-state index in [0.717, 1.165) is 0 Å². The zero-order valence-corrected chi connectivity index (χ0v) is 10.7. The monoisotopic (exact) mass is 265 g/mol. The molecule has 1 aromatic rings. The molecular formula is C14H16FNO3. The molecule has 0 aliphatic rings. The highest BCUT2D eigenvalue weighted by Gasteiger charge is 2.22. The molecule has 0 spiro atoms. The fourth-order valence-corrected chi connectivity index (χ4v) is 1.56. The number of nitrogens with one attached hydrogen (secondary N) is 1. The van der Waals surface area contributed by atoms with E-state index < -0.39 is 23.7 Å². The van der Waals surface area contributed by atoms with Gasteiger partial charge in [-0.1, -0.05) is 18.2 Å². The van der Waals surface area contributed by atoms with Crippen molar-refractivity contribution in [3.63, 3.8) is 0 Å². The van der Waals surface area contributed by atoms with Gasteiger partial charge in [0.15, 0.2) is 0 Å². The van der Waals surface area contributed by atoms with Crippen molar-refractivity contribution in [2.45, 2.75) is 18.9 Å². The Morgan fingerprint density at radius 1 is 1.47 bits per heavy atom. The van der Waals surface area contributed by atoms with Crippen molar-refractivity contribution in [3.8, 4) is 0 Å². The van der Waals surface area contributed by atoms with Crippen LogP contribution in [0.25, 0.3) is 0 Å². The van der Waals surface area contributed by atoms with Gasteiger partial charge in [-0.2, -0.15) is 0 Å². The van der Waals surface area contributed by atoms with Gasteiger partial charge in [0.25, 0.3) is 5.91 Å². The summed E-state index contributed by atoms with van der Waals surface area (Å²) < 4.78 is 18.0. The van der Waals surface area contributed by atoms with E-state index >= 15 is 0 Å². The van der Waals surface area contributed by atoms with Crippen molar-refractivity contribution in [1.82, 2.24) is 5.32 Å². The van der Waals surface area contributed by atoms with Crippen LogP contribution in [0.4, 0.5) is 4.39 Å². The number of ether oxygens (including phenoxy) is 1. The zero-order chi connectivity index (χ0) is 14.3. The van der Waals surface area contributed by atoms with Gasteiger partial charge < -0.3 is 10.1 Å². The Balaban J connectivity index is 2.78. The van der Waals surface area contributed by atoms with Gasteiger partial charge >= 0.3 is 5.97 Å². The van der Waals surface area contributed by atoms with Gasteiger partial charge in [0.1, 0.15) is 11.9 Å². The SMILES string of the molecule is C=CCC[C@@H](NC(=O)c1ccccc1F)C(=O)OC. The van der Waals surface area contributed by atoms with E-state index in [9.17, 15) is 14.0 Å². The lowest BCUT2D eigenvalue weighted by atomic mass is 10.1. The van der Waals surface area contributed by atoms with E-state index in [0.29, 0.717) is 12.8 Å². The topological polar surface area (TPSA) is 55.4 Å². The normalized spacial score (nSPS) is 11.5. The van der Waals surface area contributed by atoms with E-state index in [1.807, 2.05) is 0 Å². The van der Waals surface area contributed by atoms with Crippen molar-refractivity contribution in [1.29, 1.82) is 0 Å². The maximum atomic E-state index is 13.4. The third-order valence-corrected chi connectivity index (χ3v) is 2.57. The smallest absolute Gasteiger partial charge is 0.328 e. The Morgan fingerprint density at radius 3 is 2.74 bits per heavy atom. The van der Waals surface area contributed by atoms with Gasteiger partial charge in [-0.05, 0) is 25.0 Å². The van der Waals surface area contributed by atoms with Crippen LogP contribution in [0.15, 0.2) is 36.9 Å². The fourth-order valence-electron chi connectivity index (χ4n) is 1.56. The van der Waals surface area contributed by atoms with E-state index in [-0.39, 0.29) is 5.56 Å². The Kier molecular flexibility index (Phi) is 5.73. The molecule has 1 amide bonds. The second-order valence-electron chi connectivity index (χ2n) is 3.90. The van der Waals surface area contributed by atoms with E-state index in [4.69, 9.17) is 0 Å². The van der Waals surface area contributed by atoms with Crippen LogP contribution in [-0.2, 0) is 9.53 Å². The third-order valence-electron chi connectivity index (χ3n) is 2.57. The van der Waals surface area contributed by atoms with E-state index in [1.54, 1.807) is 12.1 Å². The van der Waals surface area contributed by atoms with Crippen molar-refractivity contribution in [2.75, 3.05) is 7.11 Å². The van der Waals surface area contributed by atoms with Crippen LogP contribution in [0.5, 0.6) is 0 Å². The summed E-state index contributed by atoms with van der Waals surface area (Å²) in [5, 5.41) is 2.46. The van der Waals surface area contributed by atoms with E-state index in [2.05, 4.69) is 16.6 Å². The van der Waals surface area contributed by atoms with Gasteiger partial charge in [-0.3, -0.25) is 4.79 Å². The molecule has 0 saturated carbocycles. The van der Waals surface area contributed by atoms with Crippen LogP contribution in [0.1, 0.15) is 23.2 Å². The molecule has 0 saturated heterocycles. The standard InChI is InChI=1S/C14H16FNO3/c1-3-4-9-12(14(18)19-2)16-13(17)10-7-5-6-8-11(10)15/h3,5-8,12H,1,4,9H2,2H3,(H,16,17)/t12-/m1/s1. The molecule has 5 heteroatoms. The zero-order valence-electron chi connectivity index (χ0n) is 10.7. The summed E-state index contributed by atoms with van der Waals surface area (Å²) in [6.45, 7) is 3.54. The van der Waals surface area contributed by atoms with Gasteiger partial charge in [0, 0.05) is 0 Å². The molecule has 0 radical (unpaired) electrons. The van der Waals surface area contributed by atoms with Crippen LogP contribution in [-0.4, -0.2) is 25.0 Å². The number of rotatable bonds is 6. The summed E-state index contributed by atoms with van der Waals surface area (Å²) in [7, 11) is 1.23. The van der Waals surface area contributed by atoms with Crippen molar-refractivity contribution in [3.05, 3.63) is 48.3 Å². The van der Waals surface area contributed by atoms with E-state index in [1.165, 1.54) is 25.3 Å². The Labute approximate surface area is 111 Å². The molecular weight excluding hydrogens is 249 g/mol. The average Bonchev–Trinajstić information content (AvgIpc) is 2.42. The fraction of sp³-hybridized carbons (Fsp3) is 0.286. The molecule has 102 valence electrons. The number of halogens is 1. The van der Waals surface area contributed by atoms with Crippen LogP contribution in [0.3, 0.4) is 0 Å². The van der Waals surface area contributed by atoms with Gasteiger partial charge in [-0.25, -0.2) is 9.18 Å². The summed E-state index contributed by atoms with van der Waals surface area (Å²) in [5.41, 5.74) is -0.102. The minimum absolute atomic E-state index is 0.102. The summed E-state index contributed by atoms with van der Waals surface area (Å²) in [6.07, 6.45) is 2.53. The maximum Gasteiger partial charge on any atom is 0.328 e. The second-order valence-corrected chi connectivity index (χ2v) is 3.90. The average molecular weight is 265 g/mol. The highest BCUT2D eigenvalue weighted by atomic mass is 19.1. The molecule has 1 rings (SSSR count). The number of allylic oxidation sites excluding steroid dienone is 1. The number of benzene rings is 1. The molecule has 1 N–H and O–H groups in total. The lowest BCUT2D eigenvalue weighted by Gasteiger charge is -2.15. The molecule has 0 fully saturated rings. The highest BCUT2D eigenvalue weighted by Crippen LogP contribution is 2.08. The first-order valence-corrected chi connectivity index (χ1v) is 5.84. The van der Waals surface area contributed by atoms with Gasteiger partial charge in [-0.15, -0.1) is 6.58 Å². The number of methoxy groups -OCH3 is 1. The summed E-state index contributed by atoms with van der Waals surface area (Å²) in [4.78, 5) is 23.4. The summed E-state index contributed by atoms with van der Waals surface area (Å²) >= 11 is 0. The summed E-state index contributed by atoms with van der Waals surface area (Å²) in [5.74, 6) is -1.84. The Bertz CT molecular complexity index is 474. The first-order valence-electron chi connectivity index (χ1n) is 5.84. The van der Waals surface area contributed by atoms with Crippen molar-refractivity contribution in [2.24, 2.45) is 0 Å². The minimum atomic E-state index is -0.810. The molecule has 4 nitrogen and oxygen atoms in total. The predicted octanol–water partition coefficient (Wildman–Crippen LogP) is 2.06. The summed E-state index contributed by atoms with van der Waals surface area (Å²) in [6, 6.07) is 4.77. The number of hydrogen-bond acceptors (Lipinski definition) is 3.